The predicted octanol–water partition coefficient (Wildman–Crippen LogP) is 4.64. The van der Waals surface area contributed by atoms with Crippen LogP contribution in [0.25, 0.3) is 12.2 Å². The number of pyridine rings is 1. The number of hydrogen-bond acceptors (Lipinski definition) is 5. The van der Waals surface area contributed by atoms with E-state index in [0.717, 1.165) is 32.4 Å². The van der Waals surface area contributed by atoms with Gasteiger partial charge in [0.1, 0.15) is 5.54 Å². The molecule has 0 radical (unpaired) electrons. The van der Waals surface area contributed by atoms with Crippen LogP contribution in [-0.2, 0) is 4.79 Å². The third-order valence-corrected chi connectivity index (χ3v) is 7.77. The molecule has 0 saturated carbocycles. The molecule has 1 fully saturated rings. The van der Waals surface area contributed by atoms with Gasteiger partial charge in [-0.1, -0.05) is 49.8 Å². The second-order valence-corrected chi connectivity index (χ2v) is 11.1. The lowest BCUT2D eigenvalue weighted by atomic mass is 9.88. The Bertz CT molecular complexity index is 1180. The van der Waals surface area contributed by atoms with E-state index < -0.39 is 5.54 Å². The number of guanidine groups is 1. The molecule has 6 heteroatoms. The molecule has 1 aromatic carbocycles. The van der Waals surface area contributed by atoms with E-state index >= 15 is 0 Å². The SMILES string of the molecule is Cc1ccc2c(c1)C=Cc1ccncc1C2N1CCC(CN2C(=O)C(C)(CC(C)C)N=C2N)CC1. The van der Waals surface area contributed by atoms with Gasteiger partial charge in [-0.3, -0.25) is 19.6 Å². The van der Waals surface area contributed by atoms with Crippen LogP contribution in [-0.4, -0.2) is 51.8 Å². The van der Waals surface area contributed by atoms with Crippen LogP contribution in [0.5, 0.6) is 0 Å². The quantitative estimate of drug-likeness (QED) is 0.690. The third kappa shape index (κ3) is 4.52. The summed E-state index contributed by atoms with van der Waals surface area (Å²) in [6.45, 7) is 10.9. The molecular weight excluding hydrogens is 434 g/mol. The first kappa shape index (κ1) is 23.7. The summed E-state index contributed by atoms with van der Waals surface area (Å²) in [6, 6.07) is 9.06. The molecule has 1 amide bonds. The first-order valence-electron chi connectivity index (χ1n) is 12.9. The highest BCUT2D eigenvalue weighted by molar-refractivity contribution is 6.06. The van der Waals surface area contributed by atoms with Gasteiger partial charge in [-0.15, -0.1) is 0 Å². The van der Waals surface area contributed by atoms with Crippen LogP contribution in [0.15, 0.2) is 41.7 Å². The van der Waals surface area contributed by atoms with Crippen LogP contribution in [0, 0.1) is 18.8 Å². The molecule has 1 saturated heterocycles. The van der Waals surface area contributed by atoms with Gasteiger partial charge in [-0.2, -0.15) is 0 Å². The summed E-state index contributed by atoms with van der Waals surface area (Å²) >= 11 is 0. The zero-order valence-corrected chi connectivity index (χ0v) is 21.4. The van der Waals surface area contributed by atoms with Gasteiger partial charge < -0.3 is 5.73 Å². The van der Waals surface area contributed by atoms with E-state index in [1.165, 1.54) is 27.8 Å². The van der Waals surface area contributed by atoms with Crippen molar-refractivity contribution in [1.82, 2.24) is 14.8 Å². The molecule has 2 N–H and O–H groups in total. The van der Waals surface area contributed by atoms with Gasteiger partial charge in [0, 0.05) is 18.9 Å². The van der Waals surface area contributed by atoms with Crippen molar-refractivity contribution in [1.29, 1.82) is 0 Å². The van der Waals surface area contributed by atoms with E-state index in [1.54, 1.807) is 4.90 Å². The highest BCUT2D eigenvalue weighted by Gasteiger charge is 2.45. The minimum Gasteiger partial charge on any atom is -0.369 e. The number of hydrogen-bond donors (Lipinski definition) is 1. The van der Waals surface area contributed by atoms with Crippen LogP contribution in [0.1, 0.15) is 73.9 Å². The molecule has 6 nitrogen and oxygen atoms in total. The Labute approximate surface area is 208 Å². The number of fused-ring (bicyclic) bond motifs is 2. The van der Waals surface area contributed by atoms with Crippen molar-refractivity contribution in [3.63, 3.8) is 0 Å². The van der Waals surface area contributed by atoms with Gasteiger partial charge >= 0.3 is 0 Å². The zero-order chi connectivity index (χ0) is 24.7. The highest BCUT2D eigenvalue weighted by atomic mass is 16.2. The third-order valence-electron chi connectivity index (χ3n) is 7.77. The summed E-state index contributed by atoms with van der Waals surface area (Å²) in [5.41, 5.74) is 11.9. The van der Waals surface area contributed by atoms with Gasteiger partial charge in [0.15, 0.2) is 5.96 Å². The number of benzene rings is 1. The largest absolute Gasteiger partial charge is 0.369 e. The molecular formula is C29H37N5O. The molecule has 35 heavy (non-hydrogen) atoms. The number of rotatable bonds is 5. The fourth-order valence-electron chi connectivity index (χ4n) is 6.14. The summed E-state index contributed by atoms with van der Waals surface area (Å²) in [6.07, 6.45) is 11.1. The van der Waals surface area contributed by atoms with E-state index in [-0.39, 0.29) is 11.9 Å². The summed E-state index contributed by atoms with van der Waals surface area (Å²) in [7, 11) is 0. The molecule has 1 aliphatic carbocycles. The Hall–Kier alpha value is -2.99. The van der Waals surface area contributed by atoms with Gasteiger partial charge in [0.2, 0.25) is 0 Å². The maximum atomic E-state index is 13.2. The monoisotopic (exact) mass is 471 g/mol. The minimum atomic E-state index is -0.717. The second kappa shape index (κ2) is 9.23. The fourth-order valence-corrected chi connectivity index (χ4v) is 6.14. The number of aromatic nitrogens is 1. The molecule has 5 rings (SSSR count). The summed E-state index contributed by atoms with van der Waals surface area (Å²) in [4.78, 5) is 26.6. The number of aliphatic imine (C=N–C) groups is 1. The Kier molecular flexibility index (Phi) is 6.26. The van der Waals surface area contributed by atoms with Crippen LogP contribution in [0.2, 0.25) is 0 Å². The van der Waals surface area contributed by atoms with E-state index in [4.69, 9.17) is 5.73 Å². The number of carbonyl (C=O) groups is 1. The number of carbonyl (C=O) groups excluding carboxylic acids is 1. The van der Waals surface area contributed by atoms with Crippen molar-refractivity contribution in [3.8, 4) is 0 Å². The lowest BCUT2D eigenvalue weighted by Gasteiger charge is -2.39. The summed E-state index contributed by atoms with van der Waals surface area (Å²) in [5, 5.41) is 0. The Morgan fingerprint density at radius 1 is 1.11 bits per heavy atom. The molecule has 184 valence electrons. The van der Waals surface area contributed by atoms with Crippen molar-refractivity contribution in [2.24, 2.45) is 22.6 Å². The molecule has 3 aliphatic rings. The molecule has 1 aromatic heterocycles. The molecule has 0 spiro atoms. The minimum absolute atomic E-state index is 0.0604. The first-order valence-corrected chi connectivity index (χ1v) is 12.9. The number of piperidine rings is 1. The van der Waals surface area contributed by atoms with Crippen LogP contribution in [0.4, 0.5) is 0 Å². The Morgan fingerprint density at radius 3 is 2.60 bits per heavy atom. The first-order chi connectivity index (χ1) is 16.7. The normalized spacial score (nSPS) is 24.9. The summed E-state index contributed by atoms with van der Waals surface area (Å²) < 4.78 is 0. The van der Waals surface area contributed by atoms with E-state index in [2.05, 4.69) is 72.1 Å². The number of amides is 1. The van der Waals surface area contributed by atoms with Gasteiger partial charge in [-0.05, 0) is 86.4 Å². The maximum absolute atomic E-state index is 13.2. The summed E-state index contributed by atoms with van der Waals surface area (Å²) in [5.74, 6) is 1.26. The zero-order valence-electron chi connectivity index (χ0n) is 21.4. The molecule has 0 bridgehead atoms. The lowest BCUT2D eigenvalue weighted by Crippen LogP contribution is -2.47. The van der Waals surface area contributed by atoms with Crippen LogP contribution < -0.4 is 5.73 Å². The van der Waals surface area contributed by atoms with E-state index in [9.17, 15) is 4.79 Å². The van der Waals surface area contributed by atoms with Crippen molar-refractivity contribution in [2.75, 3.05) is 19.6 Å². The number of nitrogens with two attached hydrogens (primary N) is 1. The topological polar surface area (TPSA) is 74.8 Å². The average Bonchev–Trinajstić information content (AvgIpc) is 2.95. The average molecular weight is 472 g/mol. The molecule has 2 unspecified atom stereocenters. The molecule has 2 atom stereocenters. The van der Waals surface area contributed by atoms with Crippen molar-refractivity contribution < 1.29 is 4.79 Å². The van der Waals surface area contributed by atoms with Crippen molar-refractivity contribution >= 4 is 24.0 Å². The van der Waals surface area contributed by atoms with Crippen molar-refractivity contribution in [3.05, 3.63) is 64.5 Å². The fraction of sp³-hybridized carbons (Fsp3) is 0.483. The van der Waals surface area contributed by atoms with Gasteiger partial charge in [-0.25, -0.2) is 4.99 Å². The van der Waals surface area contributed by atoms with Gasteiger partial charge in [0.25, 0.3) is 5.91 Å². The lowest BCUT2D eigenvalue weighted by molar-refractivity contribution is -0.131. The standard InChI is InChI=1S/C29H37N5O/c1-19(2)16-29(4)27(35)34(28(30)32-29)18-21-10-13-33(14-11-21)26-24-8-5-20(3)15-23(24)7-6-22-9-12-31-17-25(22)26/h5-9,12,15,17,19,21,26H,10-11,13-14,16,18H2,1-4H3,(H2,30,32). The van der Waals surface area contributed by atoms with Crippen molar-refractivity contribution in [2.45, 2.75) is 58.5 Å². The van der Waals surface area contributed by atoms with E-state index in [0.29, 0.717) is 24.3 Å². The Balaban J connectivity index is 1.32. The smallest absolute Gasteiger partial charge is 0.257 e. The van der Waals surface area contributed by atoms with Gasteiger partial charge in [0.05, 0.1) is 6.04 Å². The highest BCUT2D eigenvalue weighted by Crippen LogP contribution is 2.39. The van der Waals surface area contributed by atoms with Crippen LogP contribution in [0.3, 0.4) is 0 Å². The van der Waals surface area contributed by atoms with Crippen LogP contribution >= 0.6 is 0 Å². The second-order valence-electron chi connectivity index (χ2n) is 11.1. The number of aryl methyl sites for hydroxylation is 1. The molecule has 3 heterocycles. The molecule has 2 aromatic rings. The number of likely N-dealkylation sites (tertiary alicyclic amines) is 1. The Morgan fingerprint density at radius 2 is 1.86 bits per heavy atom. The number of nitrogens with zero attached hydrogens (tertiary/aromatic N) is 4. The predicted molar refractivity (Wildman–Crippen MR) is 142 cm³/mol. The molecule has 2 aliphatic heterocycles. The maximum Gasteiger partial charge on any atom is 0.257 e. The van der Waals surface area contributed by atoms with E-state index in [1.807, 2.05) is 19.3 Å².